The summed E-state index contributed by atoms with van der Waals surface area (Å²) >= 11 is 1.54. The first-order chi connectivity index (χ1) is 12.1. The molecule has 9 nitrogen and oxygen atoms in total. The molecular weight excluding hydrogens is 342 g/mol. The second-order valence-electron chi connectivity index (χ2n) is 5.14. The van der Waals surface area contributed by atoms with Gasteiger partial charge in [0.25, 0.3) is 0 Å². The van der Waals surface area contributed by atoms with E-state index in [1.54, 1.807) is 38.1 Å². The number of anilines is 2. The van der Waals surface area contributed by atoms with E-state index in [0.29, 0.717) is 40.7 Å². The summed E-state index contributed by atoms with van der Waals surface area (Å²) in [6, 6.07) is 3.55. The molecule has 0 saturated heterocycles. The van der Waals surface area contributed by atoms with E-state index >= 15 is 0 Å². The number of nitrogen functional groups attached to an aromatic ring is 1. The third kappa shape index (κ3) is 3.85. The fourth-order valence-electron chi connectivity index (χ4n) is 2.25. The number of nitrogens with zero attached hydrogens (tertiary/aromatic N) is 4. The molecule has 0 unspecified atom stereocenters. The van der Waals surface area contributed by atoms with Crippen LogP contribution in [0.4, 0.5) is 11.8 Å². The standard InChI is InChI=1S/C15H19N7O2S/c1-8-18-15(22-21-8)25-5-4-17-14-19-10-7-12(24-3)11(23-2)6-9(10)13(16)20-14/h6-7H,4-5H2,1-3H3,(H,18,21,22)(H3,16,17,19,20). The number of benzene rings is 1. The number of methoxy groups -OCH3 is 2. The topological polar surface area (TPSA) is 124 Å². The molecule has 0 aliphatic carbocycles. The van der Waals surface area contributed by atoms with Gasteiger partial charge in [-0.15, -0.1) is 5.10 Å². The van der Waals surface area contributed by atoms with E-state index < -0.39 is 0 Å². The van der Waals surface area contributed by atoms with Crippen LogP contribution in [0, 0.1) is 6.92 Å². The van der Waals surface area contributed by atoms with Crippen LogP contribution in [0.2, 0.25) is 0 Å². The first-order valence-corrected chi connectivity index (χ1v) is 8.54. The van der Waals surface area contributed by atoms with Crippen LogP contribution in [0.25, 0.3) is 10.9 Å². The number of aromatic amines is 1. The highest BCUT2D eigenvalue weighted by Gasteiger charge is 2.11. The van der Waals surface area contributed by atoms with Crippen LogP contribution < -0.4 is 20.5 Å². The lowest BCUT2D eigenvalue weighted by atomic mass is 10.2. The fourth-order valence-corrected chi connectivity index (χ4v) is 2.95. The van der Waals surface area contributed by atoms with E-state index in [1.165, 1.54) is 0 Å². The third-order valence-corrected chi connectivity index (χ3v) is 4.27. The van der Waals surface area contributed by atoms with Gasteiger partial charge in [-0.3, -0.25) is 5.10 Å². The van der Waals surface area contributed by atoms with Crippen molar-refractivity contribution < 1.29 is 9.47 Å². The van der Waals surface area contributed by atoms with Crippen molar-refractivity contribution in [1.82, 2.24) is 25.1 Å². The van der Waals surface area contributed by atoms with Crippen molar-refractivity contribution >= 4 is 34.4 Å². The van der Waals surface area contributed by atoms with Gasteiger partial charge >= 0.3 is 0 Å². The van der Waals surface area contributed by atoms with Gasteiger partial charge in [0.15, 0.2) is 11.5 Å². The largest absolute Gasteiger partial charge is 0.493 e. The monoisotopic (exact) mass is 361 g/mol. The van der Waals surface area contributed by atoms with Crippen LogP contribution in [0.1, 0.15) is 5.82 Å². The Bertz CT molecular complexity index is 884. The summed E-state index contributed by atoms with van der Waals surface area (Å²) in [6.07, 6.45) is 0. The molecule has 0 atom stereocenters. The molecule has 4 N–H and O–H groups in total. The second-order valence-corrected chi connectivity index (χ2v) is 6.20. The van der Waals surface area contributed by atoms with Crippen LogP contribution in [0.3, 0.4) is 0 Å². The summed E-state index contributed by atoms with van der Waals surface area (Å²) in [5.41, 5.74) is 6.74. The number of ether oxygens (including phenoxy) is 2. The van der Waals surface area contributed by atoms with Gasteiger partial charge in [-0.05, 0) is 13.0 Å². The molecule has 0 fully saturated rings. The summed E-state index contributed by atoms with van der Waals surface area (Å²) < 4.78 is 10.6. The van der Waals surface area contributed by atoms with Gasteiger partial charge in [0.1, 0.15) is 11.6 Å². The zero-order chi connectivity index (χ0) is 17.8. The van der Waals surface area contributed by atoms with Crippen molar-refractivity contribution in [2.45, 2.75) is 12.1 Å². The van der Waals surface area contributed by atoms with E-state index in [2.05, 4.69) is 30.5 Å². The summed E-state index contributed by atoms with van der Waals surface area (Å²) in [6.45, 7) is 2.51. The van der Waals surface area contributed by atoms with Crippen molar-refractivity contribution in [3.63, 3.8) is 0 Å². The Balaban J connectivity index is 1.71. The van der Waals surface area contributed by atoms with Crippen molar-refractivity contribution in [2.75, 3.05) is 37.6 Å². The predicted octanol–water partition coefficient (Wildman–Crippen LogP) is 1.86. The number of hydrogen-bond donors (Lipinski definition) is 3. The van der Waals surface area contributed by atoms with Gasteiger partial charge in [-0.2, -0.15) is 4.98 Å². The lowest BCUT2D eigenvalue weighted by Gasteiger charge is -2.11. The minimum Gasteiger partial charge on any atom is -0.493 e. The molecule has 0 bridgehead atoms. The zero-order valence-corrected chi connectivity index (χ0v) is 15.0. The maximum absolute atomic E-state index is 6.05. The molecule has 132 valence electrons. The molecule has 0 spiro atoms. The zero-order valence-electron chi connectivity index (χ0n) is 14.2. The Hall–Kier alpha value is -2.75. The van der Waals surface area contributed by atoms with Gasteiger partial charge in [0, 0.05) is 23.8 Å². The molecule has 1 aromatic carbocycles. The molecule has 3 aromatic rings. The average Bonchev–Trinajstić information content (AvgIpc) is 3.03. The highest BCUT2D eigenvalue weighted by Crippen LogP contribution is 2.33. The van der Waals surface area contributed by atoms with E-state index in [4.69, 9.17) is 15.2 Å². The second kappa shape index (κ2) is 7.43. The maximum atomic E-state index is 6.05. The highest BCUT2D eigenvalue weighted by molar-refractivity contribution is 7.99. The number of rotatable bonds is 7. The lowest BCUT2D eigenvalue weighted by molar-refractivity contribution is 0.356. The lowest BCUT2D eigenvalue weighted by Crippen LogP contribution is -2.09. The quantitative estimate of drug-likeness (QED) is 0.427. The molecule has 0 amide bonds. The van der Waals surface area contributed by atoms with Gasteiger partial charge in [-0.25, -0.2) is 9.97 Å². The normalized spacial score (nSPS) is 10.8. The Kier molecular flexibility index (Phi) is 5.08. The Morgan fingerprint density at radius 1 is 1.16 bits per heavy atom. The molecule has 2 aromatic heterocycles. The Labute approximate surface area is 148 Å². The molecule has 2 heterocycles. The van der Waals surface area contributed by atoms with Gasteiger partial charge in [-0.1, -0.05) is 11.8 Å². The number of nitrogens with two attached hydrogens (primary N) is 1. The van der Waals surface area contributed by atoms with E-state index in [1.807, 2.05) is 6.92 Å². The van der Waals surface area contributed by atoms with Crippen molar-refractivity contribution in [3.8, 4) is 11.5 Å². The van der Waals surface area contributed by atoms with Crippen molar-refractivity contribution in [3.05, 3.63) is 18.0 Å². The number of fused-ring (bicyclic) bond motifs is 1. The highest BCUT2D eigenvalue weighted by atomic mass is 32.2. The predicted molar refractivity (Wildman–Crippen MR) is 97.4 cm³/mol. The molecular formula is C15H19N7O2S. The van der Waals surface area contributed by atoms with Crippen LogP contribution >= 0.6 is 11.8 Å². The smallest absolute Gasteiger partial charge is 0.225 e. The van der Waals surface area contributed by atoms with E-state index in [0.717, 1.165) is 16.7 Å². The molecule has 0 saturated carbocycles. The van der Waals surface area contributed by atoms with Crippen LogP contribution in [0.15, 0.2) is 17.3 Å². The number of thioether (sulfide) groups is 1. The SMILES string of the molecule is COc1cc2nc(NCCSc3n[nH]c(C)n3)nc(N)c2cc1OC. The first-order valence-electron chi connectivity index (χ1n) is 7.55. The third-order valence-electron chi connectivity index (χ3n) is 3.42. The summed E-state index contributed by atoms with van der Waals surface area (Å²) in [7, 11) is 3.15. The Morgan fingerprint density at radius 2 is 1.92 bits per heavy atom. The van der Waals surface area contributed by atoms with Gasteiger partial charge in [0.05, 0.1) is 19.7 Å². The number of H-pyrrole nitrogens is 1. The summed E-state index contributed by atoms with van der Waals surface area (Å²) in [5.74, 6) is 3.59. The molecule has 0 aliphatic heterocycles. The summed E-state index contributed by atoms with van der Waals surface area (Å²) in [4.78, 5) is 13.0. The van der Waals surface area contributed by atoms with Crippen LogP contribution in [-0.4, -0.2) is 51.7 Å². The van der Waals surface area contributed by atoms with Crippen LogP contribution in [0.5, 0.6) is 11.5 Å². The molecule has 25 heavy (non-hydrogen) atoms. The molecule has 3 rings (SSSR count). The summed E-state index contributed by atoms with van der Waals surface area (Å²) in [5, 5.41) is 11.5. The van der Waals surface area contributed by atoms with Crippen LogP contribution in [-0.2, 0) is 0 Å². The van der Waals surface area contributed by atoms with Gasteiger partial charge < -0.3 is 20.5 Å². The number of hydrogen-bond acceptors (Lipinski definition) is 9. The van der Waals surface area contributed by atoms with Gasteiger partial charge in [0.2, 0.25) is 11.1 Å². The van der Waals surface area contributed by atoms with Crippen molar-refractivity contribution in [2.24, 2.45) is 0 Å². The minimum absolute atomic E-state index is 0.380. The first kappa shape index (κ1) is 17.1. The molecule has 0 radical (unpaired) electrons. The van der Waals surface area contributed by atoms with Crippen molar-refractivity contribution in [1.29, 1.82) is 0 Å². The number of aryl methyl sites for hydroxylation is 1. The number of nitrogens with one attached hydrogen (secondary N) is 2. The Morgan fingerprint density at radius 3 is 2.60 bits per heavy atom. The molecule has 0 aliphatic rings. The molecule has 10 heteroatoms. The maximum Gasteiger partial charge on any atom is 0.225 e. The fraction of sp³-hybridized carbons (Fsp3) is 0.333. The average molecular weight is 361 g/mol. The number of aromatic nitrogens is 5. The van der Waals surface area contributed by atoms with E-state index in [9.17, 15) is 0 Å². The van der Waals surface area contributed by atoms with E-state index in [-0.39, 0.29) is 0 Å². The minimum atomic E-state index is 0.380.